The molecule has 0 fully saturated rings. The van der Waals surface area contributed by atoms with E-state index in [1.165, 1.54) is 26.1 Å². The van der Waals surface area contributed by atoms with E-state index in [0.29, 0.717) is 11.3 Å². The zero-order valence-electron chi connectivity index (χ0n) is 9.00. The third kappa shape index (κ3) is 3.47. The molecule has 0 saturated heterocycles. The van der Waals surface area contributed by atoms with Crippen LogP contribution in [0.3, 0.4) is 0 Å². The van der Waals surface area contributed by atoms with E-state index in [1.807, 2.05) is 13.8 Å². The van der Waals surface area contributed by atoms with Crippen LogP contribution in [0.2, 0.25) is 0 Å². The molecule has 3 heteroatoms. The van der Waals surface area contributed by atoms with Crippen molar-refractivity contribution in [2.45, 2.75) is 27.7 Å². The van der Waals surface area contributed by atoms with Gasteiger partial charge >= 0.3 is 0 Å². The average molecular weight is 193 g/mol. The lowest BCUT2D eigenvalue weighted by atomic mass is 10.1. The molecule has 14 heavy (non-hydrogen) atoms. The summed E-state index contributed by atoms with van der Waals surface area (Å²) in [5.74, 6) is -0.182. The summed E-state index contributed by atoms with van der Waals surface area (Å²) in [5.41, 5.74) is 0.859. The Morgan fingerprint density at radius 1 is 1.14 bits per heavy atom. The summed E-state index contributed by atoms with van der Waals surface area (Å²) in [6.45, 7) is 6.88. The molecule has 3 nitrogen and oxygen atoms in total. The molecule has 0 radical (unpaired) electrons. The van der Waals surface area contributed by atoms with E-state index in [1.54, 1.807) is 6.07 Å². The van der Waals surface area contributed by atoms with E-state index >= 15 is 0 Å². The highest BCUT2D eigenvalue weighted by Crippen LogP contribution is 2.02. The van der Waals surface area contributed by atoms with Gasteiger partial charge in [0, 0.05) is 18.7 Å². The number of carbonyl (C=O) groups is 2. The minimum absolute atomic E-state index is 0.0556. The Morgan fingerprint density at radius 2 is 1.71 bits per heavy atom. The first kappa shape index (κ1) is 12.5. The molecule has 0 atom stereocenters. The number of carbonyl (C=O) groups excluding carboxylic acids is 2. The van der Waals surface area contributed by atoms with E-state index in [4.69, 9.17) is 0 Å². The molecule has 0 N–H and O–H groups in total. The van der Waals surface area contributed by atoms with E-state index in [-0.39, 0.29) is 11.6 Å². The molecule has 1 aromatic rings. The molecule has 0 aliphatic carbocycles. The highest BCUT2D eigenvalue weighted by Gasteiger charge is 2.04. The summed E-state index contributed by atoms with van der Waals surface area (Å²) in [6.07, 6.45) is 1.47. The van der Waals surface area contributed by atoms with Crippen molar-refractivity contribution in [2.75, 3.05) is 0 Å². The molecule has 1 heterocycles. The predicted octanol–water partition coefficient (Wildman–Crippen LogP) is 2.51. The second-order valence-corrected chi connectivity index (χ2v) is 2.54. The highest BCUT2D eigenvalue weighted by molar-refractivity contribution is 5.98. The number of pyridine rings is 1. The van der Waals surface area contributed by atoms with Crippen LogP contribution in [0.4, 0.5) is 0 Å². The topological polar surface area (TPSA) is 47.0 Å². The molecule has 1 aromatic heterocycles. The first-order chi connectivity index (χ1) is 6.61. The maximum absolute atomic E-state index is 10.9. The fourth-order valence-electron chi connectivity index (χ4n) is 0.842. The molecule has 0 spiro atoms. The van der Waals surface area contributed by atoms with Crippen LogP contribution in [0.25, 0.3) is 0 Å². The van der Waals surface area contributed by atoms with E-state index in [2.05, 4.69) is 4.98 Å². The first-order valence-electron chi connectivity index (χ1n) is 4.59. The van der Waals surface area contributed by atoms with E-state index in [9.17, 15) is 9.59 Å². The molecule has 76 valence electrons. The number of nitrogens with zero attached hydrogens (tertiary/aromatic N) is 1. The predicted molar refractivity (Wildman–Crippen MR) is 55.6 cm³/mol. The summed E-state index contributed by atoms with van der Waals surface area (Å²) in [4.78, 5) is 25.5. The van der Waals surface area contributed by atoms with Crippen LogP contribution in [0, 0.1) is 0 Å². The average Bonchev–Trinajstić information content (AvgIpc) is 2.21. The van der Waals surface area contributed by atoms with Gasteiger partial charge in [-0.15, -0.1) is 0 Å². The Kier molecular flexibility index (Phi) is 5.37. The third-order valence-electron chi connectivity index (χ3n) is 1.53. The molecule has 0 unspecified atom stereocenters. The standard InChI is InChI=1S/C9H9NO2.C2H6/c1-6(11)8-3-4-10-9(5-8)7(2)12;1-2/h3-5H,1-2H3;1-2H3. The van der Waals surface area contributed by atoms with Crippen LogP contribution in [0.5, 0.6) is 0 Å². The van der Waals surface area contributed by atoms with Gasteiger partial charge in [0.25, 0.3) is 0 Å². The van der Waals surface area contributed by atoms with Crippen LogP contribution in [-0.2, 0) is 0 Å². The number of hydrogen-bond donors (Lipinski definition) is 0. The van der Waals surface area contributed by atoms with Gasteiger partial charge in [-0.05, 0) is 19.1 Å². The van der Waals surface area contributed by atoms with Crippen LogP contribution in [-0.4, -0.2) is 16.6 Å². The summed E-state index contributed by atoms with van der Waals surface area (Å²) < 4.78 is 0. The molecule has 0 bridgehead atoms. The largest absolute Gasteiger partial charge is 0.295 e. The molecule has 0 amide bonds. The van der Waals surface area contributed by atoms with Crippen LogP contribution in [0.1, 0.15) is 48.5 Å². The Morgan fingerprint density at radius 3 is 2.14 bits per heavy atom. The minimum Gasteiger partial charge on any atom is -0.295 e. The molecule has 0 aliphatic heterocycles. The number of rotatable bonds is 2. The van der Waals surface area contributed by atoms with E-state index in [0.717, 1.165) is 0 Å². The first-order valence-corrected chi connectivity index (χ1v) is 4.59. The monoisotopic (exact) mass is 193 g/mol. The Balaban J connectivity index is 0.000000791. The summed E-state index contributed by atoms with van der Waals surface area (Å²) in [5, 5.41) is 0. The lowest BCUT2D eigenvalue weighted by Gasteiger charge is -1.96. The highest BCUT2D eigenvalue weighted by atomic mass is 16.1. The van der Waals surface area contributed by atoms with Gasteiger partial charge in [-0.1, -0.05) is 13.8 Å². The minimum atomic E-state index is -0.127. The van der Waals surface area contributed by atoms with Crippen LogP contribution >= 0.6 is 0 Å². The van der Waals surface area contributed by atoms with Crippen molar-refractivity contribution >= 4 is 11.6 Å². The quantitative estimate of drug-likeness (QED) is 0.678. The maximum atomic E-state index is 10.9. The van der Waals surface area contributed by atoms with Gasteiger partial charge in [-0.25, -0.2) is 0 Å². The summed E-state index contributed by atoms with van der Waals surface area (Å²) >= 11 is 0. The van der Waals surface area contributed by atoms with Crippen molar-refractivity contribution in [3.8, 4) is 0 Å². The normalized spacial score (nSPS) is 8.57. The number of Topliss-reactive ketones (excluding diaryl/α,β-unsaturated/α-hetero) is 2. The molecule has 0 aromatic carbocycles. The fraction of sp³-hybridized carbons (Fsp3) is 0.364. The van der Waals surface area contributed by atoms with Crippen LogP contribution < -0.4 is 0 Å². The van der Waals surface area contributed by atoms with Gasteiger partial charge in [0.05, 0.1) is 0 Å². The maximum Gasteiger partial charge on any atom is 0.178 e. The number of ketones is 2. The van der Waals surface area contributed by atoms with Crippen LogP contribution in [0.15, 0.2) is 18.3 Å². The van der Waals surface area contributed by atoms with Crippen molar-refractivity contribution in [2.24, 2.45) is 0 Å². The number of hydrogen-bond acceptors (Lipinski definition) is 3. The van der Waals surface area contributed by atoms with Crippen molar-refractivity contribution < 1.29 is 9.59 Å². The zero-order chi connectivity index (χ0) is 11.1. The van der Waals surface area contributed by atoms with Crippen molar-refractivity contribution in [1.82, 2.24) is 4.98 Å². The van der Waals surface area contributed by atoms with Gasteiger partial charge in [0.2, 0.25) is 0 Å². The Hall–Kier alpha value is -1.51. The van der Waals surface area contributed by atoms with Gasteiger partial charge in [0.1, 0.15) is 5.69 Å². The van der Waals surface area contributed by atoms with Crippen molar-refractivity contribution in [3.63, 3.8) is 0 Å². The summed E-state index contributed by atoms with van der Waals surface area (Å²) in [7, 11) is 0. The third-order valence-corrected chi connectivity index (χ3v) is 1.53. The van der Waals surface area contributed by atoms with Gasteiger partial charge < -0.3 is 0 Å². The van der Waals surface area contributed by atoms with Crippen molar-refractivity contribution in [1.29, 1.82) is 0 Å². The Bertz CT molecular complexity index is 303. The number of aromatic nitrogens is 1. The zero-order valence-corrected chi connectivity index (χ0v) is 9.00. The second-order valence-electron chi connectivity index (χ2n) is 2.54. The smallest absolute Gasteiger partial charge is 0.178 e. The van der Waals surface area contributed by atoms with Gasteiger partial charge in [-0.3, -0.25) is 14.6 Å². The lowest BCUT2D eigenvalue weighted by Crippen LogP contribution is -2.00. The summed E-state index contributed by atoms with van der Waals surface area (Å²) in [6, 6.07) is 3.10. The fourth-order valence-corrected chi connectivity index (χ4v) is 0.842. The SMILES string of the molecule is CC.CC(=O)c1ccnc(C(C)=O)c1. The van der Waals surface area contributed by atoms with E-state index < -0.39 is 0 Å². The van der Waals surface area contributed by atoms with Gasteiger partial charge in [0.15, 0.2) is 11.6 Å². The molecular weight excluding hydrogens is 178 g/mol. The van der Waals surface area contributed by atoms with Gasteiger partial charge in [-0.2, -0.15) is 0 Å². The Labute approximate surface area is 84.2 Å². The van der Waals surface area contributed by atoms with Crippen molar-refractivity contribution in [3.05, 3.63) is 29.6 Å². The molecule has 0 saturated carbocycles. The molecule has 1 rings (SSSR count). The molecular formula is C11H15NO2. The second kappa shape index (κ2) is 6.02. The lowest BCUT2D eigenvalue weighted by molar-refractivity contribution is 0.101. The molecule has 0 aliphatic rings.